The number of hydroxylamine groups is 1. The van der Waals surface area contributed by atoms with E-state index in [1.807, 2.05) is 6.08 Å². The summed E-state index contributed by atoms with van der Waals surface area (Å²) in [5.74, 6) is -1.52. The molecule has 0 fully saturated rings. The first-order chi connectivity index (χ1) is 8.77. The molecule has 0 amide bonds. The molecule has 0 aliphatic heterocycles. The van der Waals surface area contributed by atoms with Gasteiger partial charge in [0.15, 0.2) is 0 Å². The van der Waals surface area contributed by atoms with Gasteiger partial charge in [0.2, 0.25) is 0 Å². The smallest absolute Gasteiger partial charge is 0.335 e. The SMILES string of the molecule is O=C(ONC1=CCCCC1)C(=O)c1ccccc1. The number of carbonyl (C=O) groups excluding carboxylic acids is 2. The molecule has 0 aromatic heterocycles. The Kier molecular flexibility index (Phi) is 4.12. The van der Waals surface area contributed by atoms with E-state index in [1.165, 1.54) is 0 Å². The van der Waals surface area contributed by atoms with Crippen molar-refractivity contribution in [2.24, 2.45) is 0 Å². The van der Waals surface area contributed by atoms with Crippen LogP contribution in [0, 0.1) is 0 Å². The maximum Gasteiger partial charge on any atom is 0.403 e. The van der Waals surface area contributed by atoms with Crippen LogP contribution in [0.25, 0.3) is 0 Å². The summed E-state index contributed by atoms with van der Waals surface area (Å²) in [6.45, 7) is 0. The van der Waals surface area contributed by atoms with Crippen molar-refractivity contribution in [2.45, 2.75) is 25.7 Å². The second kappa shape index (κ2) is 6.00. The highest BCUT2D eigenvalue weighted by atomic mass is 16.7. The first-order valence-electron chi connectivity index (χ1n) is 6.03. The van der Waals surface area contributed by atoms with Crippen LogP contribution < -0.4 is 5.48 Å². The molecule has 18 heavy (non-hydrogen) atoms. The van der Waals surface area contributed by atoms with Gasteiger partial charge >= 0.3 is 5.97 Å². The minimum absolute atomic E-state index is 0.335. The molecule has 4 heteroatoms. The van der Waals surface area contributed by atoms with Gasteiger partial charge in [0, 0.05) is 11.3 Å². The van der Waals surface area contributed by atoms with E-state index in [-0.39, 0.29) is 0 Å². The molecule has 1 aromatic rings. The number of benzene rings is 1. The van der Waals surface area contributed by atoms with Gasteiger partial charge in [-0.1, -0.05) is 36.4 Å². The lowest BCUT2D eigenvalue weighted by atomic mass is 10.1. The number of nitrogens with one attached hydrogen (secondary N) is 1. The van der Waals surface area contributed by atoms with Crippen molar-refractivity contribution in [3.8, 4) is 0 Å². The van der Waals surface area contributed by atoms with E-state index in [2.05, 4.69) is 5.48 Å². The van der Waals surface area contributed by atoms with Crippen molar-refractivity contribution < 1.29 is 14.4 Å². The zero-order chi connectivity index (χ0) is 12.8. The Bertz CT molecular complexity index is 465. The Morgan fingerprint density at radius 2 is 1.89 bits per heavy atom. The van der Waals surface area contributed by atoms with E-state index < -0.39 is 11.8 Å². The molecule has 0 bridgehead atoms. The highest BCUT2D eigenvalue weighted by Crippen LogP contribution is 2.14. The average molecular weight is 245 g/mol. The van der Waals surface area contributed by atoms with Crippen LogP contribution in [0.5, 0.6) is 0 Å². The second-order valence-electron chi connectivity index (χ2n) is 4.16. The molecule has 0 spiro atoms. The zero-order valence-electron chi connectivity index (χ0n) is 10.0. The fraction of sp³-hybridized carbons (Fsp3) is 0.286. The van der Waals surface area contributed by atoms with Gasteiger partial charge in [-0.3, -0.25) is 4.79 Å². The molecular formula is C14H15NO3. The fourth-order valence-corrected chi connectivity index (χ4v) is 1.80. The van der Waals surface area contributed by atoms with Crippen LogP contribution in [0.15, 0.2) is 42.1 Å². The summed E-state index contributed by atoms with van der Waals surface area (Å²) in [6.07, 6.45) is 6.05. The number of rotatable bonds is 4. The van der Waals surface area contributed by atoms with Gasteiger partial charge in [-0.25, -0.2) is 10.3 Å². The molecule has 2 rings (SSSR count). The van der Waals surface area contributed by atoms with Crippen LogP contribution in [-0.2, 0) is 9.63 Å². The van der Waals surface area contributed by atoms with Crippen LogP contribution in [0.2, 0.25) is 0 Å². The number of allylic oxidation sites excluding steroid dienone is 2. The highest BCUT2D eigenvalue weighted by Gasteiger charge is 2.18. The van der Waals surface area contributed by atoms with E-state index in [9.17, 15) is 9.59 Å². The van der Waals surface area contributed by atoms with Crippen LogP contribution in [0.4, 0.5) is 0 Å². The molecule has 1 aliphatic carbocycles. The van der Waals surface area contributed by atoms with E-state index >= 15 is 0 Å². The molecular weight excluding hydrogens is 230 g/mol. The van der Waals surface area contributed by atoms with Crippen molar-refractivity contribution in [3.63, 3.8) is 0 Å². The van der Waals surface area contributed by atoms with Crippen LogP contribution in [-0.4, -0.2) is 11.8 Å². The van der Waals surface area contributed by atoms with Crippen molar-refractivity contribution in [1.29, 1.82) is 0 Å². The summed E-state index contributed by atoms with van der Waals surface area (Å²) in [4.78, 5) is 28.0. The third kappa shape index (κ3) is 3.20. The minimum Gasteiger partial charge on any atom is -0.335 e. The van der Waals surface area contributed by atoms with Gasteiger partial charge in [-0.05, 0) is 25.7 Å². The topological polar surface area (TPSA) is 55.4 Å². The predicted molar refractivity (Wildman–Crippen MR) is 66.6 cm³/mol. The lowest BCUT2D eigenvalue weighted by molar-refractivity contribution is -0.143. The lowest BCUT2D eigenvalue weighted by Gasteiger charge is -2.13. The van der Waals surface area contributed by atoms with Crippen molar-refractivity contribution in [1.82, 2.24) is 5.48 Å². The Labute approximate surface area is 106 Å². The average Bonchev–Trinajstić information content (AvgIpc) is 2.46. The molecule has 0 atom stereocenters. The third-order valence-electron chi connectivity index (χ3n) is 2.79. The normalized spacial score (nSPS) is 14.6. The van der Waals surface area contributed by atoms with Gasteiger partial charge in [-0.2, -0.15) is 0 Å². The number of Topliss-reactive ketones (excluding diaryl/α,β-unsaturated/α-hetero) is 1. The Balaban J connectivity index is 1.88. The second-order valence-corrected chi connectivity index (χ2v) is 4.16. The highest BCUT2D eigenvalue weighted by molar-refractivity contribution is 6.40. The maximum absolute atomic E-state index is 11.7. The summed E-state index contributed by atoms with van der Waals surface area (Å²) in [5, 5.41) is 0. The van der Waals surface area contributed by atoms with E-state index in [0.717, 1.165) is 31.4 Å². The first kappa shape index (κ1) is 12.4. The number of hydrogen-bond donors (Lipinski definition) is 1. The van der Waals surface area contributed by atoms with Crippen LogP contribution in [0.1, 0.15) is 36.0 Å². The maximum atomic E-state index is 11.7. The molecule has 0 unspecified atom stereocenters. The van der Waals surface area contributed by atoms with Gasteiger partial charge in [-0.15, -0.1) is 0 Å². The molecule has 4 nitrogen and oxygen atoms in total. The summed E-state index contributed by atoms with van der Waals surface area (Å²) in [7, 11) is 0. The van der Waals surface area contributed by atoms with Gasteiger partial charge < -0.3 is 4.84 Å². The van der Waals surface area contributed by atoms with E-state index in [4.69, 9.17) is 4.84 Å². The standard InChI is InChI=1S/C14H15NO3/c16-13(11-7-3-1-4-8-11)14(17)18-15-12-9-5-2-6-10-12/h1,3-4,7-9,15H,2,5-6,10H2. The monoisotopic (exact) mass is 245 g/mol. The van der Waals surface area contributed by atoms with Gasteiger partial charge in [0.05, 0.1) is 0 Å². The number of hydrogen-bond acceptors (Lipinski definition) is 4. The first-order valence-corrected chi connectivity index (χ1v) is 6.03. The zero-order valence-corrected chi connectivity index (χ0v) is 10.0. The van der Waals surface area contributed by atoms with Crippen LogP contribution in [0.3, 0.4) is 0 Å². The minimum atomic E-state index is -0.882. The molecule has 1 aliphatic rings. The van der Waals surface area contributed by atoms with Crippen LogP contribution >= 0.6 is 0 Å². The molecule has 1 aromatic carbocycles. The lowest BCUT2D eigenvalue weighted by Crippen LogP contribution is -2.26. The van der Waals surface area contributed by atoms with E-state index in [0.29, 0.717) is 5.56 Å². The Hall–Kier alpha value is -2.10. The van der Waals surface area contributed by atoms with Crippen molar-refractivity contribution in [3.05, 3.63) is 47.7 Å². The predicted octanol–water partition coefficient (Wildman–Crippen LogP) is 2.38. The van der Waals surface area contributed by atoms with Crippen molar-refractivity contribution >= 4 is 11.8 Å². The van der Waals surface area contributed by atoms with Gasteiger partial charge in [0.1, 0.15) is 0 Å². The number of ketones is 1. The van der Waals surface area contributed by atoms with E-state index in [1.54, 1.807) is 30.3 Å². The molecule has 0 radical (unpaired) electrons. The third-order valence-corrected chi connectivity index (χ3v) is 2.79. The molecule has 0 saturated carbocycles. The Morgan fingerprint density at radius 3 is 2.56 bits per heavy atom. The molecule has 0 saturated heterocycles. The number of carbonyl (C=O) groups is 2. The molecule has 1 N–H and O–H groups in total. The molecule has 94 valence electrons. The summed E-state index contributed by atoms with van der Waals surface area (Å²) < 4.78 is 0. The Morgan fingerprint density at radius 1 is 1.11 bits per heavy atom. The summed E-state index contributed by atoms with van der Waals surface area (Å²) in [6, 6.07) is 8.37. The van der Waals surface area contributed by atoms with Crippen molar-refractivity contribution in [2.75, 3.05) is 0 Å². The van der Waals surface area contributed by atoms with Gasteiger partial charge in [0.25, 0.3) is 5.78 Å². The quantitative estimate of drug-likeness (QED) is 0.502. The molecule has 0 heterocycles. The summed E-state index contributed by atoms with van der Waals surface area (Å²) in [5.41, 5.74) is 3.77. The fourth-order valence-electron chi connectivity index (χ4n) is 1.80. The largest absolute Gasteiger partial charge is 0.403 e. The summed E-state index contributed by atoms with van der Waals surface area (Å²) >= 11 is 0.